The fourth-order valence-corrected chi connectivity index (χ4v) is 4.58. The highest BCUT2D eigenvalue weighted by Crippen LogP contribution is 2.29. The monoisotopic (exact) mass is 562 g/mol. The number of anilines is 1. The molecule has 0 spiro atoms. The summed E-state index contributed by atoms with van der Waals surface area (Å²) in [4.78, 5) is 63.1. The van der Waals surface area contributed by atoms with Crippen LogP contribution < -0.4 is 10.6 Å². The van der Waals surface area contributed by atoms with Crippen LogP contribution in [-0.2, 0) is 33.4 Å². The molecular weight excluding hydrogens is 520 g/mol. The molecule has 0 bridgehead atoms. The molecule has 5 atom stereocenters. The van der Waals surface area contributed by atoms with Crippen molar-refractivity contribution in [1.29, 1.82) is 0 Å². The van der Waals surface area contributed by atoms with E-state index in [1.807, 2.05) is 13.8 Å². The second-order valence-corrected chi connectivity index (χ2v) is 10.6. The van der Waals surface area contributed by atoms with Crippen molar-refractivity contribution in [3.05, 3.63) is 23.8 Å². The predicted molar refractivity (Wildman–Crippen MR) is 146 cm³/mol. The standard InChI is InChI=1S/C29H42N2O9/c1-6-7-8-9-10-12-21-26(40-23(33)15-17(2)3)19(5)39-29(37)24(18(4)38-28(21)36)31-27(35)20-13-11-14-22(25(20)34)30-16-32/h11,13-14,16-19,21,24,26,34H,6-10,12,15H2,1-5H3,(H,30,32)(H,31,35)/t18-,19?,21-,24+,26+/m0/s1. The third-order valence-electron chi connectivity index (χ3n) is 6.73. The van der Waals surface area contributed by atoms with Crippen LogP contribution in [0.4, 0.5) is 5.69 Å². The molecule has 1 heterocycles. The largest absolute Gasteiger partial charge is 0.505 e. The number of phenols is 1. The molecule has 1 aromatic rings. The number of unbranched alkanes of at least 4 members (excludes halogenated alkanes) is 4. The lowest BCUT2D eigenvalue weighted by atomic mass is 9.91. The average molecular weight is 563 g/mol. The van der Waals surface area contributed by atoms with E-state index in [0.717, 1.165) is 25.7 Å². The number of carbonyl (C=O) groups is 5. The summed E-state index contributed by atoms with van der Waals surface area (Å²) in [5.41, 5.74) is -0.211. The van der Waals surface area contributed by atoms with Crippen LogP contribution in [0.1, 0.15) is 89.9 Å². The highest BCUT2D eigenvalue weighted by molar-refractivity contribution is 6.01. The van der Waals surface area contributed by atoms with Crippen molar-refractivity contribution in [1.82, 2.24) is 5.32 Å². The maximum Gasteiger partial charge on any atom is 0.332 e. The number of rotatable bonds is 13. The fraction of sp³-hybridized carbons (Fsp3) is 0.621. The van der Waals surface area contributed by atoms with E-state index in [4.69, 9.17) is 14.2 Å². The Morgan fingerprint density at radius 3 is 2.38 bits per heavy atom. The van der Waals surface area contributed by atoms with Crippen LogP contribution in [0.15, 0.2) is 18.2 Å². The van der Waals surface area contributed by atoms with Crippen LogP contribution in [0.2, 0.25) is 0 Å². The fourth-order valence-electron chi connectivity index (χ4n) is 4.58. The first-order valence-corrected chi connectivity index (χ1v) is 13.9. The van der Waals surface area contributed by atoms with Gasteiger partial charge in [-0.2, -0.15) is 0 Å². The molecular formula is C29H42N2O9. The summed E-state index contributed by atoms with van der Waals surface area (Å²) in [5.74, 6) is -4.25. The van der Waals surface area contributed by atoms with Crippen LogP contribution in [0.25, 0.3) is 0 Å². The quantitative estimate of drug-likeness (QED) is 0.107. The first-order chi connectivity index (χ1) is 19.0. The minimum absolute atomic E-state index is 0.000579. The lowest BCUT2D eigenvalue weighted by Gasteiger charge is -2.29. The van der Waals surface area contributed by atoms with E-state index in [1.165, 1.54) is 32.0 Å². The summed E-state index contributed by atoms with van der Waals surface area (Å²) < 4.78 is 17.0. The molecule has 1 aliphatic rings. The highest BCUT2D eigenvalue weighted by Gasteiger charge is 2.44. The van der Waals surface area contributed by atoms with Crippen LogP contribution >= 0.6 is 0 Å². The number of phenolic OH excluding ortho intramolecular Hbond substituents is 1. The number of esters is 3. The van der Waals surface area contributed by atoms with Crippen LogP contribution in [0, 0.1) is 11.8 Å². The Hall–Kier alpha value is -3.63. The molecule has 2 amide bonds. The summed E-state index contributed by atoms with van der Waals surface area (Å²) in [6, 6.07) is 2.72. The topological polar surface area (TPSA) is 157 Å². The molecule has 11 nitrogen and oxygen atoms in total. The maximum atomic E-state index is 13.4. The van der Waals surface area contributed by atoms with Crippen molar-refractivity contribution in [2.75, 3.05) is 5.32 Å². The van der Waals surface area contributed by atoms with Gasteiger partial charge in [-0.15, -0.1) is 0 Å². The van der Waals surface area contributed by atoms with Gasteiger partial charge in [0.25, 0.3) is 5.91 Å². The minimum Gasteiger partial charge on any atom is -0.505 e. The molecule has 3 N–H and O–H groups in total. The lowest BCUT2D eigenvalue weighted by molar-refractivity contribution is -0.175. The van der Waals surface area contributed by atoms with Crippen molar-refractivity contribution in [2.45, 2.75) is 104 Å². The van der Waals surface area contributed by atoms with Gasteiger partial charge >= 0.3 is 17.9 Å². The molecule has 1 saturated heterocycles. The van der Waals surface area contributed by atoms with Gasteiger partial charge < -0.3 is 30.0 Å². The number of benzene rings is 1. The van der Waals surface area contributed by atoms with Gasteiger partial charge in [0.15, 0.2) is 17.9 Å². The number of para-hydroxylation sites is 1. The number of amides is 2. The third kappa shape index (κ3) is 9.24. The molecule has 0 aliphatic carbocycles. The highest BCUT2D eigenvalue weighted by atomic mass is 16.6. The molecule has 1 aliphatic heterocycles. The summed E-state index contributed by atoms with van der Waals surface area (Å²) >= 11 is 0. The third-order valence-corrected chi connectivity index (χ3v) is 6.73. The number of hydrogen-bond acceptors (Lipinski definition) is 9. The summed E-state index contributed by atoms with van der Waals surface area (Å²) in [6.45, 7) is 8.82. The summed E-state index contributed by atoms with van der Waals surface area (Å²) in [7, 11) is 0. The van der Waals surface area contributed by atoms with Gasteiger partial charge in [0.2, 0.25) is 6.41 Å². The van der Waals surface area contributed by atoms with Crippen LogP contribution in [-0.4, -0.2) is 59.7 Å². The van der Waals surface area contributed by atoms with Gasteiger partial charge in [-0.25, -0.2) is 4.79 Å². The van der Waals surface area contributed by atoms with E-state index in [0.29, 0.717) is 19.3 Å². The van der Waals surface area contributed by atoms with Gasteiger partial charge in [-0.1, -0.05) is 58.9 Å². The van der Waals surface area contributed by atoms with Gasteiger partial charge in [-0.3, -0.25) is 19.2 Å². The second-order valence-electron chi connectivity index (χ2n) is 10.6. The Kier molecular flexibility index (Phi) is 12.9. The molecule has 0 aromatic heterocycles. The zero-order valence-electron chi connectivity index (χ0n) is 23.9. The Balaban J connectivity index is 2.32. The maximum absolute atomic E-state index is 13.4. The van der Waals surface area contributed by atoms with Gasteiger partial charge in [0.05, 0.1) is 17.2 Å². The first-order valence-electron chi connectivity index (χ1n) is 13.9. The number of hydrogen-bond donors (Lipinski definition) is 3. The Labute approximate surface area is 235 Å². The minimum atomic E-state index is -1.42. The van der Waals surface area contributed by atoms with Crippen molar-refractivity contribution >= 4 is 35.9 Å². The van der Waals surface area contributed by atoms with Crippen LogP contribution in [0.3, 0.4) is 0 Å². The number of aromatic hydroxyl groups is 1. The van der Waals surface area contributed by atoms with E-state index in [9.17, 15) is 29.1 Å². The van der Waals surface area contributed by atoms with Crippen molar-refractivity contribution in [3.8, 4) is 5.75 Å². The molecule has 0 saturated carbocycles. The Morgan fingerprint density at radius 1 is 1.05 bits per heavy atom. The lowest BCUT2D eigenvalue weighted by Crippen LogP contribution is -2.50. The normalized spacial score (nSPS) is 23.2. The SMILES string of the molecule is CCCCCCC[C@@H]1C(=O)O[C@@H](C)[C@@H](NC(=O)c2cccc(NC=O)c2O)C(=O)OC(C)[C@H]1OC(=O)CC(C)C. The predicted octanol–water partition coefficient (Wildman–Crippen LogP) is 3.87. The van der Waals surface area contributed by atoms with E-state index < -0.39 is 59.8 Å². The Bertz CT molecular complexity index is 1040. The number of carbonyl (C=O) groups excluding carboxylic acids is 5. The van der Waals surface area contributed by atoms with E-state index in [2.05, 4.69) is 17.6 Å². The molecule has 1 fully saturated rings. The number of ether oxygens (including phenoxy) is 3. The number of nitrogens with one attached hydrogen (secondary N) is 2. The molecule has 1 unspecified atom stereocenters. The molecule has 2 rings (SSSR count). The smallest absolute Gasteiger partial charge is 0.332 e. The van der Waals surface area contributed by atoms with Gasteiger partial charge in [-0.05, 0) is 38.3 Å². The zero-order chi connectivity index (χ0) is 29.8. The Morgan fingerprint density at radius 2 is 1.73 bits per heavy atom. The zero-order valence-corrected chi connectivity index (χ0v) is 23.9. The van der Waals surface area contributed by atoms with Crippen LogP contribution in [0.5, 0.6) is 5.75 Å². The van der Waals surface area contributed by atoms with Gasteiger partial charge in [0, 0.05) is 6.42 Å². The second kappa shape index (κ2) is 15.8. The number of cyclic esters (lactones) is 2. The molecule has 1 aromatic carbocycles. The summed E-state index contributed by atoms with van der Waals surface area (Å²) in [6.07, 6.45) is 2.35. The van der Waals surface area contributed by atoms with Crippen molar-refractivity contribution < 1.29 is 43.3 Å². The van der Waals surface area contributed by atoms with Crippen molar-refractivity contribution in [3.63, 3.8) is 0 Å². The van der Waals surface area contributed by atoms with Crippen molar-refractivity contribution in [2.24, 2.45) is 11.8 Å². The summed E-state index contributed by atoms with van der Waals surface area (Å²) in [5, 5.41) is 15.2. The molecule has 11 heteroatoms. The van der Waals surface area contributed by atoms with E-state index in [1.54, 1.807) is 0 Å². The van der Waals surface area contributed by atoms with E-state index >= 15 is 0 Å². The van der Waals surface area contributed by atoms with E-state index in [-0.39, 0.29) is 23.6 Å². The molecule has 222 valence electrons. The van der Waals surface area contributed by atoms with Gasteiger partial charge in [0.1, 0.15) is 12.2 Å². The average Bonchev–Trinajstić information content (AvgIpc) is 2.90. The first kappa shape index (κ1) is 32.6. The molecule has 0 radical (unpaired) electrons. The molecule has 40 heavy (non-hydrogen) atoms.